The van der Waals surface area contributed by atoms with Crippen LogP contribution in [0.3, 0.4) is 0 Å². The Bertz CT molecular complexity index is 991. The van der Waals surface area contributed by atoms with Crippen molar-refractivity contribution >= 4 is 17.1 Å². The molecule has 0 bridgehead atoms. The maximum atomic E-state index is 13.2. The fourth-order valence-electron chi connectivity index (χ4n) is 2.77. The Kier molecular flexibility index (Phi) is 4.32. The monoisotopic (exact) mass is 341 g/mol. The van der Waals surface area contributed by atoms with Crippen LogP contribution >= 0.6 is 0 Å². The molecule has 2 aromatic heterocycles. The van der Waals surface area contributed by atoms with Crippen molar-refractivity contribution in [2.45, 2.75) is 19.6 Å². The summed E-state index contributed by atoms with van der Waals surface area (Å²) in [5.74, 6) is 0. The SMILES string of the molecule is C/C(C#N)=C\c1cn(Cc2ccccc2C(F)(F)F)c2ncccc12. The van der Waals surface area contributed by atoms with E-state index in [2.05, 4.69) is 4.98 Å². The molecule has 3 nitrogen and oxygen atoms in total. The molecular formula is C19H14F3N3. The number of hydrogen-bond donors (Lipinski definition) is 0. The standard InChI is InChI=1S/C19H14F3N3/c1-13(10-23)9-15-12-25(18-16(15)6-4-8-24-18)11-14-5-2-3-7-17(14)19(20,21)22/h2-9,12H,11H2,1H3/b13-9+. The van der Waals surface area contributed by atoms with Gasteiger partial charge in [0.25, 0.3) is 0 Å². The molecular weight excluding hydrogens is 327 g/mol. The topological polar surface area (TPSA) is 41.6 Å². The molecule has 0 aliphatic rings. The minimum absolute atomic E-state index is 0.0443. The molecule has 126 valence electrons. The molecule has 1 aromatic carbocycles. The molecule has 0 N–H and O–H groups in total. The van der Waals surface area contributed by atoms with Crippen LogP contribution < -0.4 is 0 Å². The summed E-state index contributed by atoms with van der Waals surface area (Å²) < 4.78 is 41.3. The molecule has 0 unspecified atom stereocenters. The minimum Gasteiger partial charge on any atom is -0.327 e. The van der Waals surface area contributed by atoms with Crippen LogP contribution in [0.5, 0.6) is 0 Å². The molecule has 0 fully saturated rings. The van der Waals surface area contributed by atoms with E-state index in [0.717, 1.165) is 17.0 Å². The van der Waals surface area contributed by atoms with Gasteiger partial charge in [-0.1, -0.05) is 18.2 Å². The van der Waals surface area contributed by atoms with Crippen molar-refractivity contribution in [2.24, 2.45) is 0 Å². The van der Waals surface area contributed by atoms with E-state index in [0.29, 0.717) is 11.2 Å². The van der Waals surface area contributed by atoms with Crippen molar-refractivity contribution in [3.8, 4) is 6.07 Å². The molecule has 0 aliphatic carbocycles. The highest BCUT2D eigenvalue weighted by Gasteiger charge is 2.33. The highest BCUT2D eigenvalue weighted by Crippen LogP contribution is 2.33. The van der Waals surface area contributed by atoms with Crippen molar-refractivity contribution in [3.63, 3.8) is 0 Å². The van der Waals surface area contributed by atoms with Crippen molar-refractivity contribution in [1.29, 1.82) is 5.26 Å². The zero-order valence-corrected chi connectivity index (χ0v) is 13.4. The zero-order chi connectivity index (χ0) is 18.0. The molecule has 0 saturated carbocycles. The number of fused-ring (bicyclic) bond motifs is 1. The van der Waals surface area contributed by atoms with Crippen LogP contribution in [0.1, 0.15) is 23.6 Å². The van der Waals surface area contributed by atoms with Gasteiger partial charge in [-0.25, -0.2) is 4.98 Å². The largest absolute Gasteiger partial charge is 0.416 e. The van der Waals surface area contributed by atoms with E-state index in [-0.39, 0.29) is 12.1 Å². The van der Waals surface area contributed by atoms with Gasteiger partial charge >= 0.3 is 6.18 Å². The van der Waals surface area contributed by atoms with Gasteiger partial charge in [0.1, 0.15) is 5.65 Å². The number of benzene rings is 1. The van der Waals surface area contributed by atoms with Crippen LogP contribution in [-0.2, 0) is 12.7 Å². The second-order valence-electron chi connectivity index (χ2n) is 5.68. The van der Waals surface area contributed by atoms with Crippen molar-refractivity contribution in [1.82, 2.24) is 9.55 Å². The summed E-state index contributed by atoms with van der Waals surface area (Å²) >= 11 is 0. The zero-order valence-electron chi connectivity index (χ0n) is 13.4. The first-order chi connectivity index (χ1) is 11.9. The van der Waals surface area contributed by atoms with Crippen molar-refractivity contribution in [2.75, 3.05) is 0 Å². The lowest BCUT2D eigenvalue weighted by atomic mass is 10.1. The van der Waals surface area contributed by atoms with E-state index >= 15 is 0 Å². The highest BCUT2D eigenvalue weighted by atomic mass is 19.4. The maximum absolute atomic E-state index is 13.2. The molecule has 0 saturated heterocycles. The van der Waals surface area contributed by atoms with E-state index < -0.39 is 11.7 Å². The Hall–Kier alpha value is -3.07. The van der Waals surface area contributed by atoms with Crippen LogP contribution in [0.2, 0.25) is 0 Å². The first-order valence-corrected chi connectivity index (χ1v) is 7.57. The van der Waals surface area contributed by atoms with Crippen molar-refractivity contribution in [3.05, 3.63) is 71.1 Å². The molecule has 2 heterocycles. The first kappa shape index (κ1) is 16.8. The summed E-state index contributed by atoms with van der Waals surface area (Å²) in [5, 5.41) is 9.76. The lowest BCUT2D eigenvalue weighted by Crippen LogP contribution is -2.11. The number of alkyl halides is 3. The van der Waals surface area contributed by atoms with Crippen LogP contribution in [0.4, 0.5) is 13.2 Å². The van der Waals surface area contributed by atoms with Crippen LogP contribution in [0, 0.1) is 11.3 Å². The predicted molar refractivity (Wildman–Crippen MR) is 89.5 cm³/mol. The first-order valence-electron chi connectivity index (χ1n) is 7.57. The maximum Gasteiger partial charge on any atom is 0.416 e. The third-order valence-corrected chi connectivity index (χ3v) is 3.88. The van der Waals surface area contributed by atoms with E-state index in [1.165, 1.54) is 12.1 Å². The molecule has 3 rings (SSSR count). The summed E-state index contributed by atoms with van der Waals surface area (Å²) in [6.07, 6.45) is 0.619. The number of nitriles is 1. The molecule has 0 spiro atoms. The normalized spacial score (nSPS) is 12.4. The molecule has 0 atom stereocenters. The summed E-state index contributed by atoms with van der Waals surface area (Å²) in [6, 6.07) is 11.2. The number of allylic oxidation sites excluding steroid dienone is 1. The number of aromatic nitrogens is 2. The van der Waals surface area contributed by atoms with E-state index in [1.54, 1.807) is 42.1 Å². The molecule has 0 aliphatic heterocycles. The lowest BCUT2D eigenvalue weighted by Gasteiger charge is -2.13. The second-order valence-corrected chi connectivity index (χ2v) is 5.68. The summed E-state index contributed by atoms with van der Waals surface area (Å²) in [6.45, 7) is 1.72. The third kappa shape index (κ3) is 3.41. The molecule has 3 aromatic rings. The number of rotatable bonds is 3. The van der Waals surface area contributed by atoms with Gasteiger partial charge in [0.05, 0.1) is 11.6 Å². The third-order valence-electron chi connectivity index (χ3n) is 3.88. The Morgan fingerprint density at radius 1 is 1.24 bits per heavy atom. The van der Waals surface area contributed by atoms with Crippen molar-refractivity contribution < 1.29 is 13.2 Å². The number of hydrogen-bond acceptors (Lipinski definition) is 2. The predicted octanol–water partition coefficient (Wildman–Crippen LogP) is 5.03. The summed E-state index contributed by atoms with van der Waals surface area (Å²) in [7, 11) is 0. The smallest absolute Gasteiger partial charge is 0.327 e. The fourth-order valence-corrected chi connectivity index (χ4v) is 2.77. The van der Waals surface area contributed by atoms with Gasteiger partial charge in [0, 0.05) is 35.5 Å². The van der Waals surface area contributed by atoms with E-state index in [1.807, 2.05) is 12.1 Å². The number of nitrogens with zero attached hydrogens (tertiary/aromatic N) is 3. The van der Waals surface area contributed by atoms with Gasteiger partial charge in [0.2, 0.25) is 0 Å². The van der Waals surface area contributed by atoms with E-state index in [9.17, 15) is 13.2 Å². The average molecular weight is 341 g/mol. The summed E-state index contributed by atoms with van der Waals surface area (Å²) in [4.78, 5) is 4.29. The average Bonchev–Trinajstić information content (AvgIpc) is 2.92. The highest BCUT2D eigenvalue weighted by molar-refractivity contribution is 5.87. The van der Waals surface area contributed by atoms with Gasteiger partial charge in [-0.15, -0.1) is 0 Å². The Labute approximate surface area is 142 Å². The number of halogens is 3. The second kappa shape index (κ2) is 6.44. The van der Waals surface area contributed by atoms with Gasteiger partial charge in [-0.2, -0.15) is 18.4 Å². The van der Waals surface area contributed by atoms with Crippen LogP contribution in [-0.4, -0.2) is 9.55 Å². The lowest BCUT2D eigenvalue weighted by molar-refractivity contribution is -0.138. The Morgan fingerprint density at radius 2 is 2.00 bits per heavy atom. The van der Waals surface area contributed by atoms with Crippen LogP contribution in [0.25, 0.3) is 17.1 Å². The van der Waals surface area contributed by atoms with Gasteiger partial charge in [-0.05, 0) is 36.8 Å². The molecule has 0 amide bonds. The van der Waals surface area contributed by atoms with E-state index in [4.69, 9.17) is 5.26 Å². The molecule has 25 heavy (non-hydrogen) atoms. The fraction of sp³-hybridized carbons (Fsp3) is 0.158. The Balaban J connectivity index is 2.12. The number of pyridine rings is 1. The molecule has 6 heteroatoms. The quantitative estimate of drug-likeness (QED) is 0.627. The van der Waals surface area contributed by atoms with Gasteiger partial charge in [0.15, 0.2) is 0 Å². The Morgan fingerprint density at radius 3 is 2.72 bits per heavy atom. The minimum atomic E-state index is -4.41. The van der Waals surface area contributed by atoms with Gasteiger partial charge < -0.3 is 4.57 Å². The summed E-state index contributed by atoms with van der Waals surface area (Å²) in [5.41, 5.74) is 1.37. The van der Waals surface area contributed by atoms with Gasteiger partial charge in [-0.3, -0.25) is 0 Å². The molecule has 0 radical (unpaired) electrons. The van der Waals surface area contributed by atoms with Crippen LogP contribution in [0.15, 0.2) is 54.4 Å².